The number of nitrogens with zero attached hydrogens (tertiary/aromatic N) is 2. The summed E-state index contributed by atoms with van der Waals surface area (Å²) in [7, 11) is 0. The number of benzene rings is 1. The molecule has 0 saturated carbocycles. The lowest BCUT2D eigenvalue weighted by Crippen LogP contribution is -2.20. The predicted octanol–water partition coefficient (Wildman–Crippen LogP) is 1.76. The fourth-order valence-electron chi connectivity index (χ4n) is 2.00. The Labute approximate surface area is 99.4 Å². The maximum absolute atomic E-state index is 12.8. The van der Waals surface area contributed by atoms with Crippen molar-refractivity contribution in [2.45, 2.75) is 12.5 Å². The van der Waals surface area contributed by atoms with Crippen LogP contribution in [0, 0.1) is 17.1 Å². The highest BCUT2D eigenvalue weighted by molar-refractivity contribution is 5.66. The summed E-state index contributed by atoms with van der Waals surface area (Å²) in [4.78, 5) is 1.95. The van der Waals surface area contributed by atoms with E-state index in [1.165, 1.54) is 18.2 Å². The molecular formula is C13H13FN2O. The number of halogens is 1. The number of allylic oxidation sites excluding steroid dienone is 1. The fraction of sp³-hybridized carbons (Fsp3) is 0.308. The summed E-state index contributed by atoms with van der Waals surface area (Å²) in [6.45, 7) is 1.23. The molecule has 0 aromatic heterocycles. The second kappa shape index (κ2) is 4.98. The number of aliphatic hydroxyl groups is 1. The van der Waals surface area contributed by atoms with Crippen LogP contribution in [0.2, 0.25) is 0 Å². The topological polar surface area (TPSA) is 47.3 Å². The van der Waals surface area contributed by atoms with Crippen LogP contribution in [0.3, 0.4) is 0 Å². The van der Waals surface area contributed by atoms with Crippen LogP contribution in [-0.4, -0.2) is 29.2 Å². The Morgan fingerprint density at radius 2 is 2.18 bits per heavy atom. The van der Waals surface area contributed by atoms with Gasteiger partial charge in [0, 0.05) is 19.2 Å². The normalized spacial score (nSPS) is 20.4. The van der Waals surface area contributed by atoms with Gasteiger partial charge >= 0.3 is 0 Å². The lowest BCUT2D eigenvalue weighted by atomic mass is 10.1. The molecule has 1 aromatic rings. The average Bonchev–Trinajstić information content (AvgIpc) is 2.74. The Kier molecular flexibility index (Phi) is 3.40. The lowest BCUT2D eigenvalue weighted by Gasteiger charge is -2.21. The summed E-state index contributed by atoms with van der Waals surface area (Å²) in [6, 6.07) is 8.01. The van der Waals surface area contributed by atoms with Crippen LogP contribution in [0.5, 0.6) is 0 Å². The average molecular weight is 232 g/mol. The van der Waals surface area contributed by atoms with Gasteiger partial charge in [-0.2, -0.15) is 5.26 Å². The van der Waals surface area contributed by atoms with Gasteiger partial charge < -0.3 is 10.0 Å². The van der Waals surface area contributed by atoms with Gasteiger partial charge in [0.1, 0.15) is 5.82 Å². The highest BCUT2D eigenvalue weighted by Gasteiger charge is 2.22. The van der Waals surface area contributed by atoms with Gasteiger partial charge in [-0.15, -0.1) is 0 Å². The van der Waals surface area contributed by atoms with Crippen molar-refractivity contribution < 1.29 is 9.50 Å². The van der Waals surface area contributed by atoms with E-state index in [0.29, 0.717) is 19.5 Å². The molecule has 0 radical (unpaired) electrons. The molecule has 1 saturated heterocycles. The number of hydrogen-bond donors (Lipinski definition) is 1. The van der Waals surface area contributed by atoms with Gasteiger partial charge in [0.25, 0.3) is 0 Å². The smallest absolute Gasteiger partial charge is 0.123 e. The third-order valence-electron chi connectivity index (χ3n) is 2.85. The fourth-order valence-corrected chi connectivity index (χ4v) is 2.00. The first-order valence-corrected chi connectivity index (χ1v) is 5.49. The molecule has 1 aliphatic heterocycles. The second-order valence-corrected chi connectivity index (χ2v) is 4.05. The number of nitriles is 1. The molecule has 17 heavy (non-hydrogen) atoms. The Balaban J connectivity index is 2.27. The molecule has 1 heterocycles. The van der Waals surface area contributed by atoms with Gasteiger partial charge in [-0.1, -0.05) is 0 Å². The van der Waals surface area contributed by atoms with Crippen LogP contribution in [0.25, 0.3) is 5.70 Å². The lowest BCUT2D eigenvalue weighted by molar-refractivity contribution is 0.187. The molecule has 1 aromatic carbocycles. The van der Waals surface area contributed by atoms with E-state index in [4.69, 9.17) is 5.26 Å². The van der Waals surface area contributed by atoms with Crippen molar-refractivity contribution in [3.63, 3.8) is 0 Å². The molecule has 0 unspecified atom stereocenters. The summed E-state index contributed by atoms with van der Waals surface area (Å²) in [5.74, 6) is -0.300. The molecule has 2 rings (SSSR count). The first-order chi connectivity index (χ1) is 8.20. The highest BCUT2D eigenvalue weighted by atomic mass is 19.1. The number of aliphatic hydroxyl groups excluding tert-OH is 1. The van der Waals surface area contributed by atoms with Gasteiger partial charge in [-0.05, 0) is 36.2 Å². The maximum atomic E-state index is 12.8. The quantitative estimate of drug-likeness (QED) is 0.790. The molecular weight excluding hydrogens is 219 g/mol. The zero-order valence-electron chi connectivity index (χ0n) is 9.31. The third-order valence-corrected chi connectivity index (χ3v) is 2.85. The van der Waals surface area contributed by atoms with Crippen LogP contribution in [0.1, 0.15) is 12.0 Å². The number of likely N-dealkylation sites (tertiary alicyclic amines) is 1. The summed E-state index contributed by atoms with van der Waals surface area (Å²) in [5.41, 5.74) is 1.53. The zero-order chi connectivity index (χ0) is 12.3. The van der Waals surface area contributed by atoms with Crippen molar-refractivity contribution in [1.82, 2.24) is 4.90 Å². The number of hydrogen-bond acceptors (Lipinski definition) is 3. The van der Waals surface area contributed by atoms with E-state index < -0.39 is 0 Å². The zero-order valence-corrected chi connectivity index (χ0v) is 9.31. The van der Waals surface area contributed by atoms with E-state index in [2.05, 4.69) is 0 Å². The molecule has 1 fully saturated rings. The Hall–Kier alpha value is -1.86. The van der Waals surface area contributed by atoms with E-state index in [9.17, 15) is 9.50 Å². The van der Waals surface area contributed by atoms with Crippen molar-refractivity contribution in [1.29, 1.82) is 5.26 Å². The van der Waals surface area contributed by atoms with E-state index >= 15 is 0 Å². The van der Waals surface area contributed by atoms with E-state index in [1.54, 1.807) is 12.1 Å². The molecule has 0 aliphatic carbocycles. The van der Waals surface area contributed by atoms with Gasteiger partial charge in [0.2, 0.25) is 0 Å². The summed E-state index contributed by atoms with van der Waals surface area (Å²) in [6.07, 6.45) is 1.78. The Morgan fingerprint density at radius 1 is 1.47 bits per heavy atom. The highest BCUT2D eigenvalue weighted by Crippen LogP contribution is 2.24. The third kappa shape index (κ3) is 2.63. The van der Waals surface area contributed by atoms with Crippen molar-refractivity contribution in [2.24, 2.45) is 0 Å². The molecule has 1 atom stereocenters. The molecule has 88 valence electrons. The first-order valence-electron chi connectivity index (χ1n) is 5.49. The van der Waals surface area contributed by atoms with Crippen molar-refractivity contribution in [3.8, 4) is 6.07 Å². The minimum Gasteiger partial charge on any atom is -0.391 e. The number of rotatable bonds is 2. The monoisotopic (exact) mass is 232 g/mol. The molecule has 4 heteroatoms. The van der Waals surface area contributed by atoms with Gasteiger partial charge in [0.15, 0.2) is 0 Å². The van der Waals surface area contributed by atoms with Crippen molar-refractivity contribution >= 4 is 5.70 Å². The Bertz CT molecular complexity index is 461. The first kappa shape index (κ1) is 11.6. The number of β-amino-alcohol motifs (C(OH)–C–C–N with tert-alkyl or cyclic N) is 1. The summed E-state index contributed by atoms with van der Waals surface area (Å²) < 4.78 is 12.8. The van der Waals surface area contributed by atoms with E-state index in [1.807, 2.05) is 11.0 Å². The molecule has 1 aliphatic rings. The molecule has 0 bridgehead atoms. The van der Waals surface area contributed by atoms with Gasteiger partial charge in [0.05, 0.1) is 17.9 Å². The summed E-state index contributed by atoms with van der Waals surface area (Å²) in [5, 5.41) is 18.3. The molecule has 0 spiro atoms. The van der Waals surface area contributed by atoms with E-state index in [-0.39, 0.29) is 11.9 Å². The molecule has 3 nitrogen and oxygen atoms in total. The van der Waals surface area contributed by atoms with Gasteiger partial charge in [-0.3, -0.25) is 0 Å². The molecule has 0 amide bonds. The van der Waals surface area contributed by atoms with Crippen molar-refractivity contribution in [2.75, 3.05) is 13.1 Å². The minimum atomic E-state index is -0.349. The second-order valence-electron chi connectivity index (χ2n) is 4.05. The largest absolute Gasteiger partial charge is 0.391 e. The summed E-state index contributed by atoms with van der Waals surface area (Å²) >= 11 is 0. The Morgan fingerprint density at radius 3 is 2.71 bits per heavy atom. The minimum absolute atomic E-state index is 0.300. The van der Waals surface area contributed by atoms with Crippen LogP contribution in [0.4, 0.5) is 4.39 Å². The van der Waals surface area contributed by atoms with Crippen LogP contribution < -0.4 is 0 Å². The maximum Gasteiger partial charge on any atom is 0.123 e. The molecule has 1 N–H and O–H groups in total. The van der Waals surface area contributed by atoms with Crippen LogP contribution in [-0.2, 0) is 0 Å². The predicted molar refractivity (Wildman–Crippen MR) is 62.2 cm³/mol. The SMILES string of the molecule is N#C/C=C(\c1ccc(F)cc1)N1CC[C@H](O)C1. The standard InChI is InChI=1S/C13H13FN2O/c14-11-3-1-10(2-4-11)13(5-7-15)16-8-6-12(17)9-16/h1-5,12,17H,6,8-9H2/b13-5+/t12-/m0/s1. The van der Waals surface area contributed by atoms with Crippen LogP contribution in [0.15, 0.2) is 30.3 Å². The van der Waals surface area contributed by atoms with Crippen LogP contribution >= 0.6 is 0 Å². The van der Waals surface area contributed by atoms with E-state index in [0.717, 1.165) is 11.3 Å². The van der Waals surface area contributed by atoms with Crippen molar-refractivity contribution in [3.05, 3.63) is 41.7 Å². The van der Waals surface area contributed by atoms with Gasteiger partial charge in [-0.25, -0.2) is 4.39 Å².